The van der Waals surface area contributed by atoms with Crippen molar-refractivity contribution in [3.8, 4) is 0 Å². The molecule has 0 aromatic carbocycles. The number of hydrogen-bond acceptors (Lipinski definition) is 4. The second kappa shape index (κ2) is 5.58. The summed E-state index contributed by atoms with van der Waals surface area (Å²) < 4.78 is 5.14. The van der Waals surface area contributed by atoms with E-state index in [-0.39, 0.29) is 0 Å². The predicted molar refractivity (Wildman–Crippen MR) is 62.0 cm³/mol. The molecule has 4 heteroatoms. The second-order valence-electron chi connectivity index (χ2n) is 3.85. The summed E-state index contributed by atoms with van der Waals surface area (Å²) in [7, 11) is 0. The van der Waals surface area contributed by atoms with E-state index in [1.807, 2.05) is 17.8 Å². The van der Waals surface area contributed by atoms with Gasteiger partial charge in [-0.15, -0.1) is 0 Å². The van der Waals surface area contributed by atoms with Crippen LogP contribution in [0.1, 0.15) is 24.7 Å². The van der Waals surface area contributed by atoms with Crippen molar-refractivity contribution in [2.45, 2.75) is 25.0 Å². The van der Waals surface area contributed by atoms with Crippen molar-refractivity contribution in [3.05, 3.63) is 24.2 Å². The van der Waals surface area contributed by atoms with Gasteiger partial charge in [-0.25, -0.2) is 0 Å². The fraction of sp³-hybridized carbons (Fsp3) is 0.636. The van der Waals surface area contributed by atoms with Crippen molar-refractivity contribution in [1.82, 2.24) is 5.32 Å². The van der Waals surface area contributed by atoms with Gasteiger partial charge in [0.05, 0.1) is 6.26 Å². The van der Waals surface area contributed by atoms with Gasteiger partial charge in [0, 0.05) is 18.3 Å². The Hall–Kier alpha value is -0.450. The van der Waals surface area contributed by atoms with Gasteiger partial charge in [-0.2, -0.15) is 11.8 Å². The zero-order chi connectivity index (χ0) is 10.5. The molecule has 0 saturated carbocycles. The molecule has 2 unspecified atom stereocenters. The van der Waals surface area contributed by atoms with Crippen LogP contribution in [0.15, 0.2) is 22.8 Å². The van der Waals surface area contributed by atoms with Gasteiger partial charge < -0.3 is 14.8 Å². The van der Waals surface area contributed by atoms with Gasteiger partial charge in [0.2, 0.25) is 0 Å². The van der Waals surface area contributed by atoms with Crippen LogP contribution < -0.4 is 5.32 Å². The van der Waals surface area contributed by atoms with E-state index in [2.05, 4.69) is 5.32 Å². The fourth-order valence-corrected chi connectivity index (χ4v) is 2.87. The monoisotopic (exact) mass is 227 g/mol. The molecule has 1 fully saturated rings. The van der Waals surface area contributed by atoms with Gasteiger partial charge in [-0.1, -0.05) is 0 Å². The molecule has 0 amide bonds. The summed E-state index contributed by atoms with van der Waals surface area (Å²) in [6.07, 6.45) is 3.57. The Morgan fingerprint density at radius 1 is 1.67 bits per heavy atom. The van der Waals surface area contributed by atoms with E-state index >= 15 is 0 Å². The molecule has 2 N–H and O–H groups in total. The minimum Gasteiger partial charge on any atom is -0.467 e. The molecule has 1 aliphatic heterocycles. The molecule has 1 aliphatic rings. The van der Waals surface area contributed by atoms with Crippen molar-refractivity contribution in [2.75, 3.05) is 18.1 Å². The first kappa shape index (κ1) is 11.0. The van der Waals surface area contributed by atoms with Crippen LogP contribution in [0.3, 0.4) is 0 Å². The highest BCUT2D eigenvalue weighted by Crippen LogP contribution is 2.18. The molecule has 1 saturated heterocycles. The van der Waals surface area contributed by atoms with Crippen LogP contribution in [0.2, 0.25) is 0 Å². The van der Waals surface area contributed by atoms with E-state index in [0.29, 0.717) is 18.3 Å². The number of furan rings is 1. The van der Waals surface area contributed by atoms with E-state index in [1.165, 1.54) is 18.6 Å². The smallest absolute Gasteiger partial charge is 0.133 e. The Balaban J connectivity index is 1.73. The van der Waals surface area contributed by atoms with Gasteiger partial charge in [0.15, 0.2) is 0 Å². The third-order valence-corrected chi connectivity index (χ3v) is 3.85. The zero-order valence-electron chi connectivity index (χ0n) is 8.69. The molecule has 0 spiro atoms. The Bertz CT molecular complexity index is 270. The van der Waals surface area contributed by atoms with Crippen LogP contribution in [0.25, 0.3) is 0 Å². The number of thioether (sulfide) groups is 1. The van der Waals surface area contributed by atoms with E-state index in [1.54, 1.807) is 12.3 Å². The number of aliphatic hydroxyl groups excluding tert-OH is 1. The van der Waals surface area contributed by atoms with Crippen LogP contribution in [0.5, 0.6) is 0 Å². The first-order valence-corrected chi connectivity index (χ1v) is 6.54. The Morgan fingerprint density at radius 2 is 2.60 bits per heavy atom. The molecule has 84 valence electrons. The molecule has 1 aromatic rings. The Kier molecular flexibility index (Phi) is 4.11. The minimum absolute atomic E-state index is 0.521. The molecule has 2 heterocycles. The highest BCUT2D eigenvalue weighted by atomic mass is 32.2. The second-order valence-corrected chi connectivity index (χ2v) is 5.00. The summed E-state index contributed by atoms with van der Waals surface area (Å²) in [5, 5.41) is 13.2. The maximum absolute atomic E-state index is 9.78. The van der Waals surface area contributed by atoms with Crippen LogP contribution in [0.4, 0.5) is 0 Å². The standard InChI is InChI=1S/C11H17NO2S/c13-10(11-4-1-5-14-11)7-12-9-3-2-6-15-8-9/h1,4-5,9-10,12-13H,2-3,6-8H2. The summed E-state index contributed by atoms with van der Waals surface area (Å²) in [6.45, 7) is 0.582. The van der Waals surface area contributed by atoms with Crippen LogP contribution in [-0.4, -0.2) is 29.2 Å². The van der Waals surface area contributed by atoms with Crippen LogP contribution >= 0.6 is 11.8 Å². The topological polar surface area (TPSA) is 45.4 Å². The average molecular weight is 227 g/mol. The molecule has 0 aliphatic carbocycles. The third-order valence-electron chi connectivity index (χ3n) is 2.63. The normalized spacial score (nSPS) is 23.9. The molecular formula is C11H17NO2S. The van der Waals surface area contributed by atoms with E-state index < -0.39 is 6.10 Å². The predicted octanol–water partition coefficient (Wildman–Crippen LogP) is 1.80. The third kappa shape index (κ3) is 3.26. The molecule has 3 nitrogen and oxygen atoms in total. The SMILES string of the molecule is OC(CNC1CCCSC1)c1ccco1. The number of nitrogens with one attached hydrogen (secondary N) is 1. The van der Waals surface area contributed by atoms with Gasteiger partial charge in [0.25, 0.3) is 0 Å². The van der Waals surface area contributed by atoms with Gasteiger partial charge >= 0.3 is 0 Å². The van der Waals surface area contributed by atoms with Crippen molar-refractivity contribution < 1.29 is 9.52 Å². The van der Waals surface area contributed by atoms with Crippen LogP contribution in [0, 0.1) is 0 Å². The number of rotatable bonds is 4. The number of hydrogen-bond donors (Lipinski definition) is 2. The van der Waals surface area contributed by atoms with Crippen molar-refractivity contribution in [3.63, 3.8) is 0 Å². The Morgan fingerprint density at radius 3 is 3.27 bits per heavy atom. The fourth-order valence-electron chi connectivity index (χ4n) is 1.76. The lowest BCUT2D eigenvalue weighted by Gasteiger charge is -2.23. The molecule has 0 radical (unpaired) electrons. The first-order valence-electron chi connectivity index (χ1n) is 5.39. The summed E-state index contributed by atoms with van der Waals surface area (Å²) in [5.41, 5.74) is 0. The highest BCUT2D eigenvalue weighted by molar-refractivity contribution is 7.99. The van der Waals surface area contributed by atoms with Gasteiger partial charge in [0.1, 0.15) is 11.9 Å². The largest absolute Gasteiger partial charge is 0.467 e. The molecule has 15 heavy (non-hydrogen) atoms. The molecule has 1 aromatic heterocycles. The van der Waals surface area contributed by atoms with Crippen molar-refractivity contribution in [1.29, 1.82) is 0 Å². The zero-order valence-corrected chi connectivity index (χ0v) is 9.50. The van der Waals surface area contributed by atoms with E-state index in [0.717, 1.165) is 5.75 Å². The molecule has 2 rings (SSSR count). The highest BCUT2D eigenvalue weighted by Gasteiger charge is 2.16. The maximum atomic E-state index is 9.78. The van der Waals surface area contributed by atoms with Crippen molar-refractivity contribution in [2.24, 2.45) is 0 Å². The molecule has 0 bridgehead atoms. The average Bonchev–Trinajstić information content (AvgIpc) is 2.81. The van der Waals surface area contributed by atoms with Gasteiger partial charge in [-0.3, -0.25) is 0 Å². The summed E-state index contributed by atoms with van der Waals surface area (Å²) in [5.74, 6) is 3.08. The maximum Gasteiger partial charge on any atom is 0.133 e. The van der Waals surface area contributed by atoms with Crippen LogP contribution in [-0.2, 0) is 0 Å². The summed E-state index contributed by atoms with van der Waals surface area (Å²) >= 11 is 1.98. The Labute approximate surface area is 94.2 Å². The lowest BCUT2D eigenvalue weighted by atomic mass is 10.1. The summed E-state index contributed by atoms with van der Waals surface area (Å²) in [4.78, 5) is 0. The molecular weight excluding hydrogens is 210 g/mol. The lowest BCUT2D eigenvalue weighted by molar-refractivity contribution is 0.143. The minimum atomic E-state index is -0.521. The number of aliphatic hydroxyl groups is 1. The van der Waals surface area contributed by atoms with E-state index in [4.69, 9.17) is 4.42 Å². The lowest BCUT2D eigenvalue weighted by Crippen LogP contribution is -2.36. The van der Waals surface area contributed by atoms with Gasteiger partial charge in [-0.05, 0) is 30.7 Å². The first-order chi connectivity index (χ1) is 7.36. The van der Waals surface area contributed by atoms with Crippen molar-refractivity contribution >= 4 is 11.8 Å². The summed E-state index contributed by atoms with van der Waals surface area (Å²) in [6, 6.07) is 4.16. The van der Waals surface area contributed by atoms with E-state index in [9.17, 15) is 5.11 Å². The quantitative estimate of drug-likeness (QED) is 0.823. The molecule has 2 atom stereocenters.